The lowest BCUT2D eigenvalue weighted by molar-refractivity contribution is 0.393. The van der Waals surface area contributed by atoms with Crippen LogP contribution in [0.1, 0.15) is 5.69 Å². The van der Waals surface area contributed by atoms with Crippen LogP contribution in [0.15, 0.2) is 9.59 Å². The highest BCUT2D eigenvalue weighted by atomic mass is 16.5. The van der Waals surface area contributed by atoms with Crippen molar-refractivity contribution in [1.82, 2.24) is 19.1 Å². The van der Waals surface area contributed by atoms with Gasteiger partial charge in [0.25, 0.3) is 5.56 Å². The van der Waals surface area contributed by atoms with E-state index >= 15 is 0 Å². The molecule has 0 spiro atoms. The molecule has 90 valence electrons. The minimum Gasteiger partial charge on any atom is -0.480 e. The van der Waals surface area contributed by atoms with Crippen LogP contribution in [0.5, 0.6) is 5.88 Å². The van der Waals surface area contributed by atoms with Gasteiger partial charge in [0.2, 0.25) is 5.88 Å². The lowest BCUT2D eigenvalue weighted by Gasteiger charge is -2.08. The van der Waals surface area contributed by atoms with Gasteiger partial charge in [0, 0.05) is 14.1 Å². The van der Waals surface area contributed by atoms with Gasteiger partial charge < -0.3 is 4.74 Å². The molecule has 2 rings (SSSR count). The second kappa shape index (κ2) is 3.69. The molecule has 0 atom stereocenters. The van der Waals surface area contributed by atoms with Crippen molar-refractivity contribution in [1.29, 1.82) is 0 Å². The Bertz CT molecular complexity index is 714. The molecule has 2 aromatic heterocycles. The second-order valence-corrected chi connectivity index (χ2v) is 3.70. The summed E-state index contributed by atoms with van der Waals surface area (Å²) in [4.78, 5) is 31.8. The average Bonchev–Trinajstić information content (AvgIpc) is 2.33. The Hall–Kier alpha value is -2.18. The molecule has 7 nitrogen and oxygen atoms in total. The van der Waals surface area contributed by atoms with Crippen molar-refractivity contribution in [3.63, 3.8) is 0 Å². The smallest absolute Gasteiger partial charge is 0.332 e. The number of ether oxygens (including phenoxy) is 1. The van der Waals surface area contributed by atoms with Gasteiger partial charge in [0.1, 0.15) is 5.69 Å². The Labute approximate surface area is 96.3 Å². The summed E-state index contributed by atoms with van der Waals surface area (Å²) in [6, 6.07) is 0. The van der Waals surface area contributed by atoms with E-state index in [1.54, 1.807) is 6.92 Å². The van der Waals surface area contributed by atoms with E-state index in [2.05, 4.69) is 9.97 Å². The molecular weight excluding hydrogens is 224 g/mol. The van der Waals surface area contributed by atoms with Crippen LogP contribution in [-0.2, 0) is 14.1 Å². The van der Waals surface area contributed by atoms with Crippen LogP contribution in [0.4, 0.5) is 0 Å². The van der Waals surface area contributed by atoms with Gasteiger partial charge in [0.15, 0.2) is 11.2 Å². The SMILES string of the molecule is COc1nc2c(nc1C)c(=O)n(C)c(=O)n2C. The zero-order valence-corrected chi connectivity index (χ0v) is 10.0. The van der Waals surface area contributed by atoms with E-state index in [1.807, 2.05) is 0 Å². The molecule has 0 aromatic carbocycles. The fraction of sp³-hybridized carbons (Fsp3) is 0.400. The molecule has 0 saturated carbocycles. The second-order valence-electron chi connectivity index (χ2n) is 3.70. The van der Waals surface area contributed by atoms with Gasteiger partial charge in [-0.15, -0.1) is 0 Å². The van der Waals surface area contributed by atoms with Crippen LogP contribution in [-0.4, -0.2) is 26.2 Å². The third-order valence-electron chi connectivity index (χ3n) is 2.60. The van der Waals surface area contributed by atoms with E-state index in [0.717, 1.165) is 4.57 Å². The molecule has 0 unspecified atom stereocenters. The largest absolute Gasteiger partial charge is 0.480 e. The highest BCUT2D eigenvalue weighted by Gasteiger charge is 2.13. The van der Waals surface area contributed by atoms with Gasteiger partial charge >= 0.3 is 5.69 Å². The quantitative estimate of drug-likeness (QED) is 0.657. The molecule has 0 aliphatic rings. The number of hydrogen-bond donors (Lipinski definition) is 0. The fourth-order valence-corrected chi connectivity index (χ4v) is 1.63. The van der Waals surface area contributed by atoms with E-state index in [0.29, 0.717) is 11.6 Å². The molecule has 2 heterocycles. The molecule has 0 saturated heterocycles. The standard InChI is InChI=1S/C10H12N4O3/c1-5-8(17-4)12-7-6(11-5)9(15)14(3)10(16)13(7)2/h1-4H3. The van der Waals surface area contributed by atoms with Crippen LogP contribution >= 0.6 is 0 Å². The van der Waals surface area contributed by atoms with Crippen molar-refractivity contribution in [2.75, 3.05) is 7.11 Å². The summed E-state index contributed by atoms with van der Waals surface area (Å²) in [6.45, 7) is 1.69. The Morgan fingerprint density at radius 2 is 1.76 bits per heavy atom. The van der Waals surface area contributed by atoms with E-state index in [4.69, 9.17) is 4.74 Å². The van der Waals surface area contributed by atoms with Gasteiger partial charge in [-0.3, -0.25) is 13.9 Å². The number of aromatic nitrogens is 4. The predicted octanol–water partition coefficient (Wildman–Crippen LogP) is -0.656. The number of methoxy groups -OCH3 is 1. The van der Waals surface area contributed by atoms with Crippen LogP contribution in [0.2, 0.25) is 0 Å². The molecule has 0 N–H and O–H groups in total. The fourth-order valence-electron chi connectivity index (χ4n) is 1.63. The minimum absolute atomic E-state index is 0.160. The molecule has 0 fully saturated rings. The molecule has 0 amide bonds. The first-order valence-corrected chi connectivity index (χ1v) is 4.95. The Morgan fingerprint density at radius 1 is 1.12 bits per heavy atom. The van der Waals surface area contributed by atoms with Crippen molar-refractivity contribution >= 4 is 11.2 Å². The number of nitrogens with zero attached hydrogens (tertiary/aromatic N) is 4. The maximum atomic E-state index is 11.9. The summed E-state index contributed by atoms with van der Waals surface area (Å²) < 4.78 is 7.29. The average molecular weight is 236 g/mol. The monoisotopic (exact) mass is 236 g/mol. The Morgan fingerprint density at radius 3 is 2.35 bits per heavy atom. The summed E-state index contributed by atoms with van der Waals surface area (Å²) in [5.74, 6) is 0.306. The molecule has 17 heavy (non-hydrogen) atoms. The maximum absolute atomic E-state index is 11.9. The van der Waals surface area contributed by atoms with Crippen LogP contribution in [0.25, 0.3) is 11.2 Å². The number of rotatable bonds is 1. The lowest BCUT2D eigenvalue weighted by Crippen LogP contribution is -2.37. The summed E-state index contributed by atoms with van der Waals surface area (Å²) in [6.07, 6.45) is 0. The first-order valence-electron chi connectivity index (χ1n) is 4.95. The van der Waals surface area contributed by atoms with Gasteiger partial charge in [0.05, 0.1) is 7.11 Å². The normalized spacial score (nSPS) is 10.8. The summed E-state index contributed by atoms with van der Waals surface area (Å²) in [7, 11) is 4.40. The van der Waals surface area contributed by atoms with E-state index in [-0.39, 0.29) is 11.2 Å². The van der Waals surface area contributed by atoms with E-state index in [9.17, 15) is 9.59 Å². The van der Waals surface area contributed by atoms with Gasteiger partial charge in [-0.25, -0.2) is 9.78 Å². The zero-order valence-electron chi connectivity index (χ0n) is 10.0. The van der Waals surface area contributed by atoms with Crippen molar-refractivity contribution in [3.8, 4) is 5.88 Å². The van der Waals surface area contributed by atoms with E-state index in [1.165, 1.54) is 25.8 Å². The van der Waals surface area contributed by atoms with Crippen LogP contribution in [0, 0.1) is 6.92 Å². The summed E-state index contributed by atoms with van der Waals surface area (Å²) in [5, 5.41) is 0. The van der Waals surface area contributed by atoms with Crippen LogP contribution < -0.4 is 16.0 Å². The van der Waals surface area contributed by atoms with Crippen LogP contribution in [0.3, 0.4) is 0 Å². The van der Waals surface area contributed by atoms with Crippen molar-refractivity contribution < 1.29 is 4.74 Å². The molecule has 0 aliphatic carbocycles. The highest BCUT2D eigenvalue weighted by Crippen LogP contribution is 2.13. The zero-order chi connectivity index (χ0) is 12.7. The summed E-state index contributed by atoms with van der Waals surface area (Å²) >= 11 is 0. The molecule has 0 aliphatic heterocycles. The third kappa shape index (κ3) is 1.50. The molecule has 0 radical (unpaired) electrons. The molecule has 0 bridgehead atoms. The van der Waals surface area contributed by atoms with Gasteiger partial charge in [-0.05, 0) is 6.92 Å². The predicted molar refractivity (Wildman–Crippen MR) is 61.3 cm³/mol. The first-order chi connectivity index (χ1) is 7.97. The molecule has 7 heteroatoms. The molecule has 2 aromatic rings. The number of aryl methyl sites for hydroxylation is 2. The van der Waals surface area contributed by atoms with Crippen molar-refractivity contribution in [3.05, 3.63) is 26.5 Å². The van der Waals surface area contributed by atoms with Gasteiger partial charge in [-0.1, -0.05) is 0 Å². The third-order valence-corrected chi connectivity index (χ3v) is 2.60. The van der Waals surface area contributed by atoms with E-state index < -0.39 is 11.2 Å². The summed E-state index contributed by atoms with van der Waals surface area (Å²) in [5.41, 5.74) is -0.00624. The van der Waals surface area contributed by atoms with Gasteiger partial charge in [-0.2, -0.15) is 4.98 Å². The Balaban J connectivity index is 3.07. The minimum atomic E-state index is -0.457. The first kappa shape index (κ1) is 11.3. The number of fused-ring (bicyclic) bond motifs is 1. The van der Waals surface area contributed by atoms with Crippen molar-refractivity contribution in [2.45, 2.75) is 6.92 Å². The maximum Gasteiger partial charge on any atom is 0.332 e. The lowest BCUT2D eigenvalue weighted by atomic mass is 10.4. The topological polar surface area (TPSA) is 79.0 Å². The molecular formula is C10H12N4O3. The Kier molecular flexibility index (Phi) is 2.45. The highest BCUT2D eigenvalue weighted by molar-refractivity contribution is 5.69. The number of hydrogen-bond acceptors (Lipinski definition) is 5. The van der Waals surface area contributed by atoms with Crippen molar-refractivity contribution in [2.24, 2.45) is 14.1 Å².